The Balaban J connectivity index is 1.54. The summed E-state index contributed by atoms with van der Waals surface area (Å²) >= 11 is 0. The summed E-state index contributed by atoms with van der Waals surface area (Å²) in [7, 11) is 0. The summed E-state index contributed by atoms with van der Waals surface area (Å²) < 4.78 is 10.8. The Kier molecular flexibility index (Phi) is 7.75. The molecule has 0 spiro atoms. The van der Waals surface area contributed by atoms with Crippen molar-refractivity contribution in [2.45, 2.75) is 112 Å². The van der Waals surface area contributed by atoms with Crippen LogP contribution in [0.1, 0.15) is 106 Å². The Morgan fingerprint density at radius 1 is 1.00 bits per heavy atom. The number of hydrogen-bond acceptors (Lipinski definition) is 5. The number of esters is 2. The lowest BCUT2D eigenvalue weighted by Crippen LogP contribution is -2.60. The maximum atomic E-state index is 14.2. The molecule has 4 rings (SSSR count). The minimum atomic E-state index is -0.200. The number of ketones is 1. The molecule has 4 aliphatic carbocycles. The number of ether oxygens (including phenoxy) is 2. The van der Waals surface area contributed by atoms with Gasteiger partial charge in [-0.15, -0.1) is 0 Å². The molecule has 5 nitrogen and oxygen atoms in total. The van der Waals surface area contributed by atoms with E-state index >= 15 is 0 Å². The molecule has 0 aromatic rings. The van der Waals surface area contributed by atoms with Gasteiger partial charge in [-0.2, -0.15) is 0 Å². The third kappa shape index (κ3) is 4.59. The molecule has 0 aromatic heterocycles. The Labute approximate surface area is 212 Å². The van der Waals surface area contributed by atoms with Crippen molar-refractivity contribution >= 4 is 17.7 Å². The Bertz CT molecular complexity index is 822. The van der Waals surface area contributed by atoms with Crippen molar-refractivity contribution in [2.75, 3.05) is 6.61 Å². The van der Waals surface area contributed by atoms with Crippen molar-refractivity contribution in [3.63, 3.8) is 0 Å². The lowest BCUT2D eigenvalue weighted by molar-refractivity contribution is -0.178. The van der Waals surface area contributed by atoms with E-state index in [0.717, 1.165) is 44.9 Å². The van der Waals surface area contributed by atoms with Crippen LogP contribution in [0.15, 0.2) is 0 Å². The third-order valence-electron chi connectivity index (χ3n) is 11.3. The SMILES string of the molecule is CCOC(=O)CC[C@@H](C)C1CCC2C3C(=O)[C@H](CC)C4C[C@H](OC(C)=O)CC[C@]4(C)C3CC[C@@]21C. The Morgan fingerprint density at radius 3 is 2.34 bits per heavy atom. The van der Waals surface area contributed by atoms with Crippen molar-refractivity contribution in [3.05, 3.63) is 0 Å². The Hall–Kier alpha value is -1.39. The minimum Gasteiger partial charge on any atom is -0.466 e. The first-order valence-electron chi connectivity index (χ1n) is 14.4. The van der Waals surface area contributed by atoms with E-state index in [4.69, 9.17) is 9.47 Å². The van der Waals surface area contributed by atoms with Crippen LogP contribution in [0.3, 0.4) is 0 Å². The van der Waals surface area contributed by atoms with Gasteiger partial charge < -0.3 is 9.47 Å². The van der Waals surface area contributed by atoms with Gasteiger partial charge in [0.15, 0.2) is 0 Å². The second-order valence-corrected chi connectivity index (χ2v) is 12.8. The fourth-order valence-electron chi connectivity index (χ4n) is 9.72. The Morgan fingerprint density at radius 2 is 1.69 bits per heavy atom. The second kappa shape index (κ2) is 10.2. The zero-order valence-electron chi connectivity index (χ0n) is 22.9. The summed E-state index contributed by atoms with van der Waals surface area (Å²) in [4.78, 5) is 37.8. The van der Waals surface area contributed by atoms with E-state index in [1.165, 1.54) is 19.8 Å². The molecule has 0 radical (unpaired) electrons. The second-order valence-electron chi connectivity index (χ2n) is 12.8. The summed E-state index contributed by atoms with van der Waals surface area (Å²) in [6, 6.07) is 0. The molecule has 4 fully saturated rings. The average molecular weight is 489 g/mol. The summed E-state index contributed by atoms with van der Waals surface area (Å²) in [6.45, 7) is 13.2. The molecular weight excluding hydrogens is 440 g/mol. The molecule has 10 atom stereocenters. The molecule has 4 aliphatic rings. The normalized spacial score (nSPS) is 43.5. The van der Waals surface area contributed by atoms with Gasteiger partial charge in [0, 0.05) is 25.2 Å². The fraction of sp³-hybridized carbons (Fsp3) is 0.900. The molecule has 0 N–H and O–H groups in total. The van der Waals surface area contributed by atoms with E-state index in [-0.39, 0.29) is 40.7 Å². The first kappa shape index (κ1) is 26.7. The van der Waals surface area contributed by atoms with Gasteiger partial charge in [-0.3, -0.25) is 14.4 Å². The lowest BCUT2D eigenvalue weighted by Gasteiger charge is -2.62. The van der Waals surface area contributed by atoms with E-state index in [9.17, 15) is 14.4 Å². The average Bonchev–Trinajstić information content (AvgIpc) is 3.16. The van der Waals surface area contributed by atoms with Crippen LogP contribution in [0.25, 0.3) is 0 Å². The standard InChI is InChI=1S/C30H48O5/c1-7-21-25-17-20(35-19(4)31)13-15-30(25,6)24-14-16-29(5)22(10-11-23(29)27(24)28(21)33)18(3)9-12-26(32)34-8-2/h18,20-25,27H,7-17H2,1-6H3/t18-,20-,21-,22?,23?,24?,25?,27?,29-,30-/m1/s1. The first-order chi connectivity index (χ1) is 16.6. The maximum Gasteiger partial charge on any atom is 0.305 e. The van der Waals surface area contributed by atoms with Crippen molar-refractivity contribution in [1.82, 2.24) is 0 Å². The van der Waals surface area contributed by atoms with E-state index < -0.39 is 0 Å². The minimum absolute atomic E-state index is 0.0334. The molecule has 198 valence electrons. The van der Waals surface area contributed by atoms with Gasteiger partial charge in [0.25, 0.3) is 0 Å². The smallest absolute Gasteiger partial charge is 0.305 e. The largest absolute Gasteiger partial charge is 0.466 e. The van der Waals surface area contributed by atoms with Gasteiger partial charge in [0.2, 0.25) is 0 Å². The van der Waals surface area contributed by atoms with Gasteiger partial charge >= 0.3 is 11.9 Å². The molecule has 0 bridgehead atoms. The number of carbonyl (C=O) groups is 3. The molecule has 0 aliphatic heterocycles. The molecule has 5 unspecified atom stereocenters. The summed E-state index contributed by atoms with van der Waals surface area (Å²) in [5, 5.41) is 0. The number of hydrogen-bond donors (Lipinski definition) is 0. The maximum absolute atomic E-state index is 14.2. The van der Waals surface area contributed by atoms with E-state index in [1.807, 2.05) is 6.92 Å². The number of fused-ring (bicyclic) bond motifs is 5. The molecule has 0 saturated heterocycles. The van der Waals surface area contributed by atoms with E-state index in [1.54, 1.807) is 0 Å². The molecule has 0 heterocycles. The van der Waals surface area contributed by atoms with Crippen LogP contribution in [0, 0.1) is 52.3 Å². The highest BCUT2D eigenvalue weighted by Crippen LogP contribution is 2.68. The predicted octanol–water partition coefficient (Wildman–Crippen LogP) is 6.37. The summed E-state index contributed by atoms with van der Waals surface area (Å²) in [6.07, 6.45) is 9.70. The van der Waals surface area contributed by atoms with Crippen LogP contribution < -0.4 is 0 Å². The lowest BCUT2D eigenvalue weighted by atomic mass is 9.42. The topological polar surface area (TPSA) is 69.7 Å². The first-order valence-corrected chi connectivity index (χ1v) is 14.4. The predicted molar refractivity (Wildman–Crippen MR) is 135 cm³/mol. The molecule has 0 amide bonds. The van der Waals surface area contributed by atoms with Gasteiger partial charge in [-0.1, -0.05) is 27.7 Å². The van der Waals surface area contributed by atoms with Gasteiger partial charge in [0.1, 0.15) is 11.9 Å². The highest BCUT2D eigenvalue weighted by Gasteiger charge is 2.65. The molecule has 4 saturated carbocycles. The summed E-state index contributed by atoms with van der Waals surface area (Å²) in [5.41, 5.74) is 0.339. The summed E-state index contributed by atoms with van der Waals surface area (Å²) in [5.74, 6) is 2.76. The van der Waals surface area contributed by atoms with Gasteiger partial charge in [0.05, 0.1) is 6.61 Å². The monoisotopic (exact) mass is 488 g/mol. The third-order valence-corrected chi connectivity index (χ3v) is 11.3. The fourth-order valence-corrected chi connectivity index (χ4v) is 9.72. The molecule has 5 heteroatoms. The van der Waals surface area contributed by atoms with Crippen molar-refractivity contribution in [1.29, 1.82) is 0 Å². The molecular formula is C30H48O5. The van der Waals surface area contributed by atoms with Crippen molar-refractivity contribution in [2.24, 2.45) is 52.3 Å². The van der Waals surface area contributed by atoms with Gasteiger partial charge in [-0.25, -0.2) is 0 Å². The van der Waals surface area contributed by atoms with Crippen molar-refractivity contribution < 1.29 is 23.9 Å². The quantitative estimate of drug-likeness (QED) is 0.389. The van der Waals surface area contributed by atoms with Crippen LogP contribution in [0.5, 0.6) is 0 Å². The molecule has 35 heavy (non-hydrogen) atoms. The van der Waals surface area contributed by atoms with Crippen LogP contribution in [0.2, 0.25) is 0 Å². The van der Waals surface area contributed by atoms with E-state index in [0.29, 0.717) is 48.4 Å². The number of carbonyl (C=O) groups excluding carboxylic acids is 3. The van der Waals surface area contributed by atoms with Crippen molar-refractivity contribution in [3.8, 4) is 0 Å². The van der Waals surface area contributed by atoms with Crippen LogP contribution in [-0.4, -0.2) is 30.4 Å². The van der Waals surface area contributed by atoms with Crippen LogP contribution >= 0.6 is 0 Å². The van der Waals surface area contributed by atoms with Crippen LogP contribution in [0.4, 0.5) is 0 Å². The highest BCUT2D eigenvalue weighted by atomic mass is 16.5. The van der Waals surface area contributed by atoms with Gasteiger partial charge in [-0.05, 0) is 105 Å². The number of rotatable bonds is 7. The zero-order chi connectivity index (χ0) is 25.5. The van der Waals surface area contributed by atoms with Crippen LogP contribution in [-0.2, 0) is 23.9 Å². The zero-order valence-corrected chi connectivity index (χ0v) is 22.9. The van der Waals surface area contributed by atoms with E-state index in [2.05, 4.69) is 27.7 Å². The molecule has 0 aromatic carbocycles. The number of Topliss-reactive ketones (excluding diaryl/α,β-unsaturated/α-hetero) is 1. The highest BCUT2D eigenvalue weighted by molar-refractivity contribution is 5.86.